The van der Waals surface area contributed by atoms with E-state index in [-0.39, 0.29) is 11.7 Å². The van der Waals surface area contributed by atoms with Gasteiger partial charge in [-0.05, 0) is 50.0 Å². The molecule has 20 heavy (non-hydrogen) atoms. The summed E-state index contributed by atoms with van der Waals surface area (Å²) in [6.07, 6.45) is 3.00. The number of likely N-dealkylation sites (tertiary alicyclic amines) is 1. The van der Waals surface area contributed by atoms with Gasteiger partial charge < -0.3 is 21.1 Å². The van der Waals surface area contributed by atoms with E-state index >= 15 is 0 Å². The van der Waals surface area contributed by atoms with Crippen LogP contribution in [0.15, 0.2) is 24.3 Å². The van der Waals surface area contributed by atoms with Crippen LogP contribution in [0.2, 0.25) is 0 Å². The number of nitrogens with one attached hydrogen (secondary N) is 1. The number of nitrogens with two attached hydrogens (primary N) is 1. The Hall–Kier alpha value is -1.59. The topological polar surface area (TPSA) is 78.6 Å². The predicted molar refractivity (Wildman–Crippen MR) is 78.5 cm³/mol. The van der Waals surface area contributed by atoms with Crippen LogP contribution >= 0.6 is 0 Å². The fourth-order valence-corrected chi connectivity index (χ4v) is 2.45. The van der Waals surface area contributed by atoms with Crippen molar-refractivity contribution in [2.45, 2.75) is 25.3 Å². The molecule has 0 aromatic heterocycles. The second-order valence-corrected chi connectivity index (χ2v) is 5.32. The van der Waals surface area contributed by atoms with Crippen molar-refractivity contribution < 1.29 is 9.90 Å². The minimum atomic E-state index is -0.543. The van der Waals surface area contributed by atoms with Gasteiger partial charge in [-0.25, -0.2) is 0 Å². The molecular weight excluding hydrogens is 254 g/mol. The molecule has 0 aliphatic carbocycles. The first-order chi connectivity index (χ1) is 9.65. The van der Waals surface area contributed by atoms with E-state index in [1.807, 2.05) is 0 Å². The first-order valence-corrected chi connectivity index (χ1v) is 7.19. The lowest BCUT2D eigenvalue weighted by Gasteiger charge is -2.16. The zero-order valence-corrected chi connectivity index (χ0v) is 11.7. The number of rotatable bonds is 6. The van der Waals surface area contributed by atoms with Crippen LogP contribution < -0.4 is 11.1 Å². The Morgan fingerprint density at radius 2 is 1.95 bits per heavy atom. The monoisotopic (exact) mass is 277 g/mol. The van der Waals surface area contributed by atoms with Gasteiger partial charge in [-0.1, -0.05) is 12.1 Å². The van der Waals surface area contributed by atoms with E-state index in [2.05, 4.69) is 10.2 Å². The molecule has 1 amide bonds. The molecule has 2 rings (SSSR count). The molecule has 1 fully saturated rings. The lowest BCUT2D eigenvalue weighted by atomic mass is 10.1. The van der Waals surface area contributed by atoms with Gasteiger partial charge >= 0.3 is 0 Å². The Morgan fingerprint density at radius 3 is 2.60 bits per heavy atom. The lowest BCUT2D eigenvalue weighted by Crippen LogP contribution is -2.44. The Morgan fingerprint density at radius 1 is 1.30 bits per heavy atom. The SMILES string of the molecule is N[C@H](Cc1ccc(O)cc1)C(=O)NCCN1CCCC1. The number of amides is 1. The molecule has 1 aliphatic heterocycles. The van der Waals surface area contributed by atoms with Crippen LogP contribution in [0.4, 0.5) is 0 Å². The maximum absolute atomic E-state index is 11.9. The van der Waals surface area contributed by atoms with E-state index in [1.54, 1.807) is 24.3 Å². The first kappa shape index (κ1) is 14.8. The van der Waals surface area contributed by atoms with Gasteiger partial charge in [-0.2, -0.15) is 0 Å². The highest BCUT2D eigenvalue weighted by atomic mass is 16.3. The quantitative estimate of drug-likeness (QED) is 0.706. The maximum Gasteiger partial charge on any atom is 0.237 e. The number of hydrogen-bond donors (Lipinski definition) is 3. The van der Waals surface area contributed by atoms with Gasteiger partial charge in [-0.3, -0.25) is 4.79 Å². The normalized spacial score (nSPS) is 17.1. The Bertz CT molecular complexity index is 427. The van der Waals surface area contributed by atoms with Crippen molar-refractivity contribution in [3.8, 4) is 5.75 Å². The molecule has 1 aliphatic rings. The Balaban J connectivity index is 1.69. The molecule has 0 radical (unpaired) electrons. The van der Waals surface area contributed by atoms with Gasteiger partial charge in [0, 0.05) is 13.1 Å². The number of carbonyl (C=O) groups excluding carboxylic acids is 1. The lowest BCUT2D eigenvalue weighted by molar-refractivity contribution is -0.122. The summed E-state index contributed by atoms with van der Waals surface area (Å²) in [5, 5.41) is 12.1. The third kappa shape index (κ3) is 4.51. The highest BCUT2D eigenvalue weighted by Crippen LogP contribution is 2.11. The van der Waals surface area contributed by atoms with Crippen LogP contribution in [-0.4, -0.2) is 48.1 Å². The molecule has 0 spiro atoms. The standard InChI is InChI=1S/C15H23N3O2/c16-14(11-12-3-5-13(19)6-4-12)15(20)17-7-10-18-8-1-2-9-18/h3-6,14,19H,1-2,7-11,16H2,(H,17,20)/t14-/m1/s1. The first-order valence-electron chi connectivity index (χ1n) is 7.19. The van der Waals surface area contributed by atoms with Gasteiger partial charge in [0.2, 0.25) is 5.91 Å². The number of nitrogens with zero attached hydrogens (tertiary/aromatic N) is 1. The molecule has 5 nitrogen and oxygen atoms in total. The van der Waals surface area contributed by atoms with Gasteiger partial charge in [-0.15, -0.1) is 0 Å². The van der Waals surface area contributed by atoms with Gasteiger partial charge in [0.25, 0.3) is 0 Å². The highest BCUT2D eigenvalue weighted by Gasteiger charge is 2.15. The van der Waals surface area contributed by atoms with Crippen LogP contribution in [0.25, 0.3) is 0 Å². The van der Waals surface area contributed by atoms with Gasteiger partial charge in [0.05, 0.1) is 6.04 Å². The Kier molecular flexibility index (Phi) is 5.38. The van der Waals surface area contributed by atoms with Crippen molar-refractivity contribution in [1.82, 2.24) is 10.2 Å². The van der Waals surface area contributed by atoms with Crippen LogP contribution in [0.5, 0.6) is 5.75 Å². The molecule has 1 aromatic carbocycles. The predicted octanol–water partition coefficient (Wildman–Crippen LogP) is 0.474. The zero-order valence-electron chi connectivity index (χ0n) is 11.7. The molecule has 1 atom stereocenters. The molecule has 0 bridgehead atoms. The molecule has 4 N–H and O–H groups in total. The molecule has 1 heterocycles. The van der Waals surface area contributed by atoms with Gasteiger partial charge in [0.1, 0.15) is 5.75 Å². The number of hydrogen-bond acceptors (Lipinski definition) is 4. The van der Waals surface area contributed by atoms with E-state index in [0.717, 1.165) is 25.2 Å². The van der Waals surface area contributed by atoms with Crippen LogP contribution in [-0.2, 0) is 11.2 Å². The minimum absolute atomic E-state index is 0.114. The van der Waals surface area contributed by atoms with Crippen molar-refractivity contribution >= 4 is 5.91 Å². The van der Waals surface area contributed by atoms with Crippen molar-refractivity contribution in [3.63, 3.8) is 0 Å². The summed E-state index contributed by atoms with van der Waals surface area (Å²) >= 11 is 0. The van der Waals surface area contributed by atoms with E-state index in [9.17, 15) is 9.90 Å². The second kappa shape index (κ2) is 7.26. The fourth-order valence-electron chi connectivity index (χ4n) is 2.45. The summed E-state index contributed by atoms with van der Waals surface area (Å²) in [4.78, 5) is 14.2. The number of carbonyl (C=O) groups is 1. The Labute approximate surface area is 119 Å². The molecular formula is C15H23N3O2. The molecule has 1 aromatic rings. The highest BCUT2D eigenvalue weighted by molar-refractivity contribution is 5.81. The van der Waals surface area contributed by atoms with E-state index in [1.165, 1.54) is 12.8 Å². The molecule has 0 unspecified atom stereocenters. The summed E-state index contributed by atoms with van der Waals surface area (Å²) in [6, 6.07) is 6.23. The smallest absolute Gasteiger partial charge is 0.237 e. The number of benzene rings is 1. The number of aromatic hydroxyl groups is 1. The van der Waals surface area contributed by atoms with Crippen molar-refractivity contribution in [2.24, 2.45) is 5.73 Å². The number of phenols is 1. The summed E-state index contributed by atoms with van der Waals surface area (Å²) in [7, 11) is 0. The molecule has 0 saturated carbocycles. The summed E-state index contributed by atoms with van der Waals surface area (Å²) in [5.74, 6) is 0.106. The van der Waals surface area contributed by atoms with E-state index in [4.69, 9.17) is 5.73 Å². The summed E-state index contributed by atoms with van der Waals surface area (Å²) in [6.45, 7) is 3.82. The average molecular weight is 277 g/mol. The summed E-state index contributed by atoms with van der Waals surface area (Å²) in [5.41, 5.74) is 6.84. The number of phenolic OH excluding ortho intramolecular Hbond substituents is 1. The minimum Gasteiger partial charge on any atom is -0.508 e. The average Bonchev–Trinajstić information content (AvgIpc) is 2.94. The third-order valence-electron chi connectivity index (χ3n) is 3.65. The molecule has 1 saturated heterocycles. The summed E-state index contributed by atoms with van der Waals surface area (Å²) < 4.78 is 0. The second-order valence-electron chi connectivity index (χ2n) is 5.32. The molecule has 5 heteroatoms. The largest absolute Gasteiger partial charge is 0.508 e. The van der Waals surface area contributed by atoms with Crippen LogP contribution in [0.3, 0.4) is 0 Å². The van der Waals surface area contributed by atoms with Crippen molar-refractivity contribution in [1.29, 1.82) is 0 Å². The zero-order chi connectivity index (χ0) is 14.4. The van der Waals surface area contributed by atoms with Crippen molar-refractivity contribution in [3.05, 3.63) is 29.8 Å². The van der Waals surface area contributed by atoms with Crippen LogP contribution in [0, 0.1) is 0 Å². The third-order valence-corrected chi connectivity index (χ3v) is 3.65. The fraction of sp³-hybridized carbons (Fsp3) is 0.533. The van der Waals surface area contributed by atoms with Crippen LogP contribution in [0.1, 0.15) is 18.4 Å². The van der Waals surface area contributed by atoms with E-state index < -0.39 is 6.04 Å². The molecule has 110 valence electrons. The van der Waals surface area contributed by atoms with Gasteiger partial charge in [0.15, 0.2) is 0 Å². The van der Waals surface area contributed by atoms with Crippen molar-refractivity contribution in [2.75, 3.05) is 26.2 Å². The maximum atomic E-state index is 11.9. The van der Waals surface area contributed by atoms with E-state index in [0.29, 0.717) is 13.0 Å².